The second-order valence-corrected chi connectivity index (χ2v) is 10.2. The summed E-state index contributed by atoms with van der Waals surface area (Å²) in [5, 5.41) is 4.49. The number of hydrogen-bond donors (Lipinski definition) is 0. The van der Waals surface area contributed by atoms with Crippen LogP contribution in [0.2, 0.25) is 0 Å². The third kappa shape index (κ3) is 3.63. The molecule has 0 aliphatic carbocycles. The van der Waals surface area contributed by atoms with Crippen LogP contribution < -0.4 is 5.46 Å². The third-order valence-corrected chi connectivity index (χ3v) is 7.64. The SMILES string of the molecule is [B]c1c(C2CCS(=O)(=O)CC2)nc2c(-c3ccc(-c4cccnc4)nc3)cnn2c1C. The van der Waals surface area contributed by atoms with E-state index in [2.05, 4.69) is 15.1 Å². The zero-order chi connectivity index (χ0) is 21.6. The van der Waals surface area contributed by atoms with Crippen LogP contribution in [-0.4, -0.2) is 52.3 Å². The van der Waals surface area contributed by atoms with Gasteiger partial charge in [0.15, 0.2) is 5.65 Å². The molecule has 0 spiro atoms. The number of aromatic nitrogens is 5. The minimum atomic E-state index is -2.96. The molecule has 154 valence electrons. The highest BCUT2D eigenvalue weighted by atomic mass is 32.2. The normalized spacial score (nSPS) is 16.5. The van der Waals surface area contributed by atoms with Crippen molar-refractivity contribution in [2.24, 2.45) is 0 Å². The topological polar surface area (TPSA) is 90.1 Å². The number of rotatable bonds is 3. The maximum absolute atomic E-state index is 11.8. The lowest BCUT2D eigenvalue weighted by molar-refractivity contribution is 0.545. The van der Waals surface area contributed by atoms with Crippen LogP contribution in [-0.2, 0) is 9.84 Å². The van der Waals surface area contributed by atoms with Crippen molar-refractivity contribution in [1.82, 2.24) is 24.6 Å². The van der Waals surface area contributed by atoms with E-state index in [1.54, 1.807) is 29.3 Å². The Bertz CT molecular complexity index is 1350. The summed E-state index contributed by atoms with van der Waals surface area (Å²) in [5.41, 5.74) is 6.40. The number of sulfone groups is 1. The summed E-state index contributed by atoms with van der Waals surface area (Å²) < 4.78 is 25.4. The molecule has 7 nitrogen and oxygen atoms in total. The van der Waals surface area contributed by atoms with E-state index >= 15 is 0 Å². The average molecular weight is 429 g/mol. The Morgan fingerprint density at radius 2 is 1.87 bits per heavy atom. The molecule has 0 amide bonds. The monoisotopic (exact) mass is 429 g/mol. The van der Waals surface area contributed by atoms with Crippen LogP contribution >= 0.6 is 0 Å². The molecule has 5 heterocycles. The predicted molar refractivity (Wildman–Crippen MR) is 120 cm³/mol. The van der Waals surface area contributed by atoms with Crippen LogP contribution in [0.5, 0.6) is 0 Å². The molecule has 1 aliphatic rings. The van der Waals surface area contributed by atoms with E-state index in [-0.39, 0.29) is 17.4 Å². The molecular weight excluding hydrogens is 409 g/mol. The van der Waals surface area contributed by atoms with E-state index in [9.17, 15) is 8.42 Å². The van der Waals surface area contributed by atoms with Gasteiger partial charge in [0, 0.05) is 52.6 Å². The molecule has 9 heteroatoms. The molecule has 0 saturated carbocycles. The molecule has 1 saturated heterocycles. The molecule has 0 aromatic carbocycles. The van der Waals surface area contributed by atoms with Gasteiger partial charge in [0.1, 0.15) is 17.7 Å². The van der Waals surface area contributed by atoms with Crippen molar-refractivity contribution in [2.75, 3.05) is 11.5 Å². The third-order valence-electron chi connectivity index (χ3n) is 5.93. The Morgan fingerprint density at radius 3 is 2.55 bits per heavy atom. The first-order chi connectivity index (χ1) is 14.9. The van der Waals surface area contributed by atoms with E-state index in [1.807, 2.05) is 31.2 Å². The van der Waals surface area contributed by atoms with E-state index in [1.165, 1.54) is 0 Å². The van der Waals surface area contributed by atoms with Crippen LogP contribution in [0.15, 0.2) is 49.1 Å². The van der Waals surface area contributed by atoms with Crippen LogP contribution in [0.25, 0.3) is 28.0 Å². The molecule has 1 fully saturated rings. The summed E-state index contributed by atoms with van der Waals surface area (Å²) in [6.07, 6.45) is 8.17. The van der Waals surface area contributed by atoms with Gasteiger partial charge in [-0.15, -0.1) is 0 Å². The fourth-order valence-corrected chi connectivity index (χ4v) is 5.58. The first-order valence-electron chi connectivity index (χ1n) is 10.1. The second kappa shape index (κ2) is 7.57. The largest absolute Gasteiger partial charge is 0.264 e. The van der Waals surface area contributed by atoms with Crippen LogP contribution in [0.4, 0.5) is 0 Å². The number of fused-ring (bicyclic) bond motifs is 1. The highest BCUT2D eigenvalue weighted by Gasteiger charge is 2.28. The number of aryl methyl sites for hydroxylation is 1. The van der Waals surface area contributed by atoms with E-state index in [0.717, 1.165) is 33.8 Å². The molecule has 0 atom stereocenters. The lowest BCUT2D eigenvalue weighted by Gasteiger charge is -2.24. The van der Waals surface area contributed by atoms with Gasteiger partial charge in [0.25, 0.3) is 0 Å². The fraction of sp³-hybridized carbons (Fsp3) is 0.273. The Kier molecular flexibility index (Phi) is 4.85. The summed E-state index contributed by atoms with van der Waals surface area (Å²) in [5.74, 6) is 0.380. The average Bonchev–Trinajstić information content (AvgIpc) is 3.21. The Balaban J connectivity index is 1.55. The maximum atomic E-state index is 11.8. The van der Waals surface area contributed by atoms with Gasteiger partial charge >= 0.3 is 0 Å². The van der Waals surface area contributed by atoms with Gasteiger partial charge in [-0.25, -0.2) is 17.9 Å². The van der Waals surface area contributed by atoms with Crippen LogP contribution in [0.3, 0.4) is 0 Å². The van der Waals surface area contributed by atoms with Crippen LogP contribution in [0.1, 0.15) is 30.1 Å². The van der Waals surface area contributed by atoms with E-state index in [0.29, 0.717) is 24.0 Å². The summed E-state index contributed by atoms with van der Waals surface area (Å²) >= 11 is 0. The number of nitrogens with zero attached hydrogens (tertiary/aromatic N) is 5. The van der Waals surface area contributed by atoms with Gasteiger partial charge < -0.3 is 0 Å². The predicted octanol–water partition coefficient (Wildman–Crippen LogP) is 2.25. The quantitative estimate of drug-likeness (QED) is 0.464. The van der Waals surface area contributed by atoms with Crippen molar-refractivity contribution in [3.63, 3.8) is 0 Å². The molecule has 0 N–H and O–H groups in total. The molecule has 1 aliphatic heterocycles. The molecule has 4 aromatic rings. The van der Waals surface area contributed by atoms with Gasteiger partial charge in [0.2, 0.25) is 0 Å². The second-order valence-electron chi connectivity index (χ2n) is 7.89. The van der Waals surface area contributed by atoms with Crippen molar-refractivity contribution in [2.45, 2.75) is 25.7 Å². The summed E-state index contributed by atoms with van der Waals surface area (Å²) in [6, 6.07) is 7.79. The first kappa shape index (κ1) is 19.9. The zero-order valence-corrected chi connectivity index (χ0v) is 17.9. The van der Waals surface area contributed by atoms with E-state index < -0.39 is 9.84 Å². The molecule has 2 radical (unpaired) electrons. The van der Waals surface area contributed by atoms with Crippen molar-refractivity contribution in [3.8, 4) is 22.4 Å². The number of hydrogen-bond acceptors (Lipinski definition) is 6. The minimum absolute atomic E-state index is 0.0288. The van der Waals surface area contributed by atoms with Gasteiger partial charge in [-0.1, -0.05) is 11.5 Å². The smallest absolute Gasteiger partial charge is 0.163 e. The Morgan fingerprint density at radius 1 is 1.06 bits per heavy atom. The van der Waals surface area contributed by atoms with E-state index in [4.69, 9.17) is 12.8 Å². The minimum Gasteiger partial charge on any atom is -0.264 e. The van der Waals surface area contributed by atoms with Crippen molar-refractivity contribution in [1.29, 1.82) is 0 Å². The molecule has 0 bridgehead atoms. The van der Waals surface area contributed by atoms with Crippen molar-refractivity contribution < 1.29 is 8.42 Å². The molecule has 5 rings (SSSR count). The van der Waals surface area contributed by atoms with Crippen molar-refractivity contribution >= 4 is 28.8 Å². The zero-order valence-electron chi connectivity index (χ0n) is 17.1. The fourth-order valence-electron chi connectivity index (χ4n) is 4.09. The Hall–Kier alpha value is -3.07. The Labute approximate surface area is 181 Å². The maximum Gasteiger partial charge on any atom is 0.163 e. The summed E-state index contributed by atoms with van der Waals surface area (Å²) in [6.45, 7) is 1.91. The van der Waals surface area contributed by atoms with Gasteiger partial charge in [-0.3, -0.25) is 9.97 Å². The highest BCUT2D eigenvalue weighted by Crippen LogP contribution is 2.30. The molecular formula is C22H20BN5O2S. The van der Waals surface area contributed by atoms with Crippen LogP contribution in [0, 0.1) is 6.92 Å². The standard InChI is InChI=1S/C22H20BN5O2S/c1-14-20(23)21(15-6-9-31(29,30)10-7-15)27-22-18(13-26-28(14)22)16-4-5-19(25-12-16)17-3-2-8-24-11-17/h2-5,8,11-13,15H,6-7,9-10H2,1H3. The molecule has 4 aromatic heterocycles. The highest BCUT2D eigenvalue weighted by molar-refractivity contribution is 7.91. The first-order valence-corrected chi connectivity index (χ1v) is 12.0. The molecule has 31 heavy (non-hydrogen) atoms. The lowest BCUT2D eigenvalue weighted by Crippen LogP contribution is -2.29. The summed E-state index contributed by atoms with van der Waals surface area (Å²) in [7, 11) is 3.43. The summed E-state index contributed by atoms with van der Waals surface area (Å²) in [4.78, 5) is 13.6. The van der Waals surface area contributed by atoms with Gasteiger partial charge in [0.05, 0.1) is 23.4 Å². The lowest BCUT2D eigenvalue weighted by atomic mass is 9.84. The molecule has 0 unspecified atom stereocenters. The number of pyridine rings is 2. The van der Waals surface area contributed by atoms with Crippen molar-refractivity contribution in [3.05, 3.63) is 60.4 Å². The van der Waals surface area contributed by atoms with Gasteiger partial charge in [-0.2, -0.15) is 5.10 Å². The van der Waals surface area contributed by atoms with Gasteiger partial charge in [-0.05, 0) is 38.0 Å².